The van der Waals surface area contributed by atoms with Crippen LogP contribution in [-0.4, -0.2) is 12.5 Å². The van der Waals surface area contributed by atoms with Gasteiger partial charge in [-0.1, -0.05) is 29.8 Å². The third-order valence-corrected chi connectivity index (χ3v) is 2.90. The molecule has 0 unspecified atom stereocenters. The average molecular weight is 357 g/mol. The maximum absolute atomic E-state index is 5.81. The van der Waals surface area contributed by atoms with Crippen molar-refractivity contribution in [2.24, 2.45) is 10.7 Å². The molecule has 0 aliphatic heterocycles. The van der Waals surface area contributed by atoms with Crippen LogP contribution in [0.15, 0.2) is 47.0 Å². The largest absolute Gasteiger partial charge is 0.370 e. The normalized spacial score (nSPS) is 14.9. The van der Waals surface area contributed by atoms with Gasteiger partial charge in [0.05, 0.1) is 0 Å². The highest BCUT2D eigenvalue weighted by atomic mass is 127. The number of benzene rings is 1. The SMILES string of the molecule is I.NC(=NCCC1=CCCC1)Nc1ccccc1. The van der Waals surface area contributed by atoms with Crippen LogP contribution in [-0.2, 0) is 0 Å². The minimum Gasteiger partial charge on any atom is -0.370 e. The molecule has 3 N–H and O–H groups in total. The minimum absolute atomic E-state index is 0. The van der Waals surface area contributed by atoms with Crippen LogP contribution in [0.3, 0.4) is 0 Å². The lowest BCUT2D eigenvalue weighted by atomic mass is 10.2. The van der Waals surface area contributed by atoms with Crippen LogP contribution in [0.2, 0.25) is 0 Å². The Hall–Kier alpha value is -1.04. The standard InChI is InChI=1S/C14H19N3.HI/c15-14(17-13-8-2-1-3-9-13)16-11-10-12-6-4-5-7-12;/h1-3,6,8-9H,4-5,7,10-11H2,(H3,15,16,17);1H. The number of nitrogens with two attached hydrogens (primary N) is 1. The summed E-state index contributed by atoms with van der Waals surface area (Å²) in [6.45, 7) is 0.775. The highest BCUT2D eigenvalue weighted by Crippen LogP contribution is 2.20. The van der Waals surface area contributed by atoms with Crippen molar-refractivity contribution in [2.45, 2.75) is 25.7 Å². The van der Waals surface area contributed by atoms with E-state index in [1.165, 1.54) is 24.8 Å². The Morgan fingerprint density at radius 2 is 2.06 bits per heavy atom. The average Bonchev–Trinajstić information content (AvgIpc) is 2.83. The zero-order valence-corrected chi connectivity index (χ0v) is 12.8. The smallest absolute Gasteiger partial charge is 0.193 e. The Kier molecular flexibility index (Phi) is 6.78. The predicted octanol–water partition coefficient (Wildman–Crippen LogP) is 3.53. The summed E-state index contributed by atoms with van der Waals surface area (Å²) in [5.41, 5.74) is 8.32. The van der Waals surface area contributed by atoms with Crippen LogP contribution in [0.5, 0.6) is 0 Å². The molecule has 0 heterocycles. The first-order valence-electron chi connectivity index (χ1n) is 6.14. The molecule has 4 heteroatoms. The molecule has 2 rings (SSSR count). The first-order chi connectivity index (χ1) is 8.34. The monoisotopic (exact) mass is 357 g/mol. The lowest BCUT2D eigenvalue weighted by Crippen LogP contribution is -2.22. The van der Waals surface area contributed by atoms with Gasteiger partial charge in [-0.05, 0) is 37.8 Å². The van der Waals surface area contributed by atoms with Gasteiger partial charge in [0.25, 0.3) is 0 Å². The highest BCUT2D eigenvalue weighted by Gasteiger charge is 2.03. The maximum Gasteiger partial charge on any atom is 0.193 e. The predicted molar refractivity (Wildman–Crippen MR) is 88.5 cm³/mol. The van der Waals surface area contributed by atoms with Gasteiger partial charge >= 0.3 is 0 Å². The molecule has 0 radical (unpaired) electrons. The van der Waals surface area contributed by atoms with Crippen molar-refractivity contribution in [3.8, 4) is 0 Å². The van der Waals surface area contributed by atoms with E-state index in [-0.39, 0.29) is 24.0 Å². The summed E-state index contributed by atoms with van der Waals surface area (Å²) in [6.07, 6.45) is 7.14. The maximum atomic E-state index is 5.81. The molecule has 0 bridgehead atoms. The van der Waals surface area contributed by atoms with Crippen molar-refractivity contribution in [2.75, 3.05) is 11.9 Å². The fraction of sp³-hybridized carbons (Fsp3) is 0.357. The van der Waals surface area contributed by atoms with Gasteiger partial charge in [0.15, 0.2) is 5.96 Å². The number of hydrogen-bond donors (Lipinski definition) is 2. The molecule has 3 nitrogen and oxygen atoms in total. The van der Waals surface area contributed by atoms with Crippen LogP contribution in [0.1, 0.15) is 25.7 Å². The Balaban J connectivity index is 0.00000162. The molecule has 1 aromatic carbocycles. The summed E-state index contributed by atoms with van der Waals surface area (Å²) in [7, 11) is 0. The summed E-state index contributed by atoms with van der Waals surface area (Å²) in [4.78, 5) is 4.33. The Morgan fingerprint density at radius 1 is 1.28 bits per heavy atom. The number of para-hydroxylation sites is 1. The lowest BCUT2D eigenvalue weighted by Gasteiger charge is -2.05. The summed E-state index contributed by atoms with van der Waals surface area (Å²) < 4.78 is 0. The molecule has 0 aromatic heterocycles. The molecule has 1 aliphatic rings. The molecular weight excluding hydrogens is 337 g/mol. The summed E-state index contributed by atoms with van der Waals surface area (Å²) in [5.74, 6) is 0.495. The van der Waals surface area contributed by atoms with E-state index in [9.17, 15) is 0 Å². The quantitative estimate of drug-likeness (QED) is 0.375. The first kappa shape index (κ1) is 15.0. The topological polar surface area (TPSA) is 50.4 Å². The molecule has 0 fully saturated rings. The molecule has 1 aliphatic carbocycles. The van der Waals surface area contributed by atoms with E-state index < -0.39 is 0 Å². The minimum atomic E-state index is 0. The van der Waals surface area contributed by atoms with Crippen molar-refractivity contribution in [1.29, 1.82) is 0 Å². The molecular formula is C14H20IN3. The van der Waals surface area contributed by atoms with Gasteiger partial charge in [-0.15, -0.1) is 24.0 Å². The highest BCUT2D eigenvalue weighted by molar-refractivity contribution is 14.0. The molecule has 1 aromatic rings. The number of aliphatic imine (C=N–C) groups is 1. The van der Waals surface area contributed by atoms with E-state index in [1.807, 2.05) is 30.3 Å². The van der Waals surface area contributed by atoms with E-state index in [2.05, 4.69) is 16.4 Å². The zero-order chi connectivity index (χ0) is 11.9. The number of nitrogens with one attached hydrogen (secondary N) is 1. The summed E-state index contributed by atoms with van der Waals surface area (Å²) in [6, 6.07) is 9.87. The van der Waals surface area contributed by atoms with Gasteiger partial charge in [0, 0.05) is 12.2 Å². The fourth-order valence-electron chi connectivity index (χ4n) is 1.99. The molecule has 0 amide bonds. The molecule has 0 saturated heterocycles. The second-order valence-electron chi connectivity index (χ2n) is 4.26. The molecule has 0 atom stereocenters. The van der Waals surface area contributed by atoms with Crippen molar-refractivity contribution >= 4 is 35.6 Å². The number of anilines is 1. The van der Waals surface area contributed by atoms with Crippen molar-refractivity contribution in [1.82, 2.24) is 0 Å². The number of hydrogen-bond acceptors (Lipinski definition) is 1. The number of halogens is 1. The van der Waals surface area contributed by atoms with Crippen LogP contribution < -0.4 is 11.1 Å². The number of rotatable bonds is 4. The summed E-state index contributed by atoms with van der Waals surface area (Å²) in [5, 5.41) is 3.08. The van der Waals surface area contributed by atoms with Gasteiger partial charge in [-0.3, -0.25) is 4.99 Å². The van der Waals surface area contributed by atoms with E-state index in [1.54, 1.807) is 0 Å². The Bertz CT molecular complexity index is 412. The van der Waals surface area contributed by atoms with E-state index in [0.717, 1.165) is 18.7 Å². The van der Waals surface area contributed by atoms with E-state index in [4.69, 9.17) is 5.73 Å². The van der Waals surface area contributed by atoms with Crippen LogP contribution in [0.25, 0.3) is 0 Å². The second kappa shape index (κ2) is 8.13. The Morgan fingerprint density at radius 3 is 2.72 bits per heavy atom. The third kappa shape index (κ3) is 5.08. The van der Waals surface area contributed by atoms with Crippen molar-refractivity contribution < 1.29 is 0 Å². The third-order valence-electron chi connectivity index (χ3n) is 2.90. The second-order valence-corrected chi connectivity index (χ2v) is 4.26. The fourth-order valence-corrected chi connectivity index (χ4v) is 1.99. The van der Waals surface area contributed by atoms with Gasteiger partial charge < -0.3 is 11.1 Å². The zero-order valence-electron chi connectivity index (χ0n) is 10.4. The van der Waals surface area contributed by atoms with Gasteiger partial charge in [-0.25, -0.2) is 0 Å². The molecule has 0 spiro atoms. The number of guanidine groups is 1. The molecule has 98 valence electrons. The van der Waals surface area contributed by atoms with E-state index >= 15 is 0 Å². The van der Waals surface area contributed by atoms with Crippen LogP contribution >= 0.6 is 24.0 Å². The van der Waals surface area contributed by atoms with Crippen LogP contribution in [0.4, 0.5) is 5.69 Å². The van der Waals surface area contributed by atoms with Gasteiger partial charge in [0.2, 0.25) is 0 Å². The Labute approximate surface area is 126 Å². The van der Waals surface area contributed by atoms with Crippen molar-refractivity contribution in [3.05, 3.63) is 42.0 Å². The molecule has 0 saturated carbocycles. The number of nitrogens with zero attached hydrogens (tertiary/aromatic N) is 1. The van der Waals surface area contributed by atoms with E-state index in [0.29, 0.717) is 5.96 Å². The first-order valence-corrected chi connectivity index (χ1v) is 6.14. The molecule has 18 heavy (non-hydrogen) atoms. The van der Waals surface area contributed by atoms with Crippen molar-refractivity contribution in [3.63, 3.8) is 0 Å². The summed E-state index contributed by atoms with van der Waals surface area (Å²) >= 11 is 0. The number of allylic oxidation sites excluding steroid dienone is 1. The van der Waals surface area contributed by atoms with Gasteiger partial charge in [0.1, 0.15) is 0 Å². The lowest BCUT2D eigenvalue weighted by molar-refractivity contribution is 0.850. The van der Waals surface area contributed by atoms with Crippen LogP contribution in [0, 0.1) is 0 Å². The van der Waals surface area contributed by atoms with Gasteiger partial charge in [-0.2, -0.15) is 0 Å².